The fraction of sp³-hybridized carbons (Fsp3) is 0.263. The summed E-state index contributed by atoms with van der Waals surface area (Å²) in [4.78, 5) is 34.5. The van der Waals surface area contributed by atoms with Crippen LogP contribution in [0.4, 0.5) is 11.4 Å². The van der Waals surface area contributed by atoms with Crippen LogP contribution in [0.1, 0.15) is 30.4 Å². The molecule has 2 aromatic rings. The van der Waals surface area contributed by atoms with Gasteiger partial charge in [-0.05, 0) is 30.5 Å². The van der Waals surface area contributed by atoms with Crippen LogP contribution in [0.2, 0.25) is 0 Å². The Bertz CT molecular complexity index is 805. The minimum Gasteiger partial charge on any atom is -0.455 e. The summed E-state index contributed by atoms with van der Waals surface area (Å²) in [6.07, 6.45) is 0.561. The van der Waals surface area contributed by atoms with E-state index in [9.17, 15) is 19.7 Å². The summed E-state index contributed by atoms with van der Waals surface area (Å²) in [5.41, 5.74) is 1.77. The lowest BCUT2D eigenvalue weighted by Gasteiger charge is -2.14. The molecule has 1 amide bonds. The first kappa shape index (κ1) is 19.1. The van der Waals surface area contributed by atoms with Gasteiger partial charge in [-0.2, -0.15) is 0 Å². The molecule has 0 aromatic heterocycles. The van der Waals surface area contributed by atoms with Gasteiger partial charge in [0.05, 0.1) is 10.8 Å². The molecule has 0 saturated carbocycles. The molecule has 1 atom stereocenters. The molecule has 0 heterocycles. The number of hydrogen-bond donors (Lipinski definition) is 1. The van der Waals surface area contributed by atoms with Crippen LogP contribution in [0.15, 0.2) is 48.5 Å². The number of benzene rings is 2. The summed E-state index contributed by atoms with van der Waals surface area (Å²) in [6.45, 7) is 3.11. The first-order valence-corrected chi connectivity index (χ1v) is 8.18. The van der Waals surface area contributed by atoms with Crippen molar-refractivity contribution in [3.8, 4) is 0 Å². The van der Waals surface area contributed by atoms with Crippen LogP contribution in [0.5, 0.6) is 0 Å². The average Bonchev–Trinajstić information content (AvgIpc) is 2.63. The third-order valence-corrected chi connectivity index (χ3v) is 3.94. The van der Waals surface area contributed by atoms with Crippen molar-refractivity contribution in [2.75, 3.05) is 11.9 Å². The summed E-state index contributed by atoms with van der Waals surface area (Å²) < 4.78 is 5.13. The van der Waals surface area contributed by atoms with E-state index in [0.29, 0.717) is 17.7 Å². The number of carbonyl (C=O) groups is 2. The van der Waals surface area contributed by atoms with Gasteiger partial charge in [0, 0.05) is 17.8 Å². The highest BCUT2D eigenvalue weighted by Crippen LogP contribution is 2.22. The maximum Gasteiger partial charge on any atom is 0.313 e. The largest absolute Gasteiger partial charge is 0.455 e. The molecule has 0 aliphatic carbocycles. The molecule has 1 N–H and O–H groups in total. The molecule has 136 valence electrons. The molecule has 0 bridgehead atoms. The van der Waals surface area contributed by atoms with Crippen LogP contribution in [-0.2, 0) is 14.3 Å². The number of esters is 1. The van der Waals surface area contributed by atoms with Crippen molar-refractivity contribution in [2.45, 2.75) is 26.2 Å². The number of carbonyl (C=O) groups excluding carboxylic acids is 2. The van der Waals surface area contributed by atoms with Crippen molar-refractivity contribution in [2.24, 2.45) is 0 Å². The van der Waals surface area contributed by atoms with Gasteiger partial charge in [-0.15, -0.1) is 0 Å². The summed E-state index contributed by atoms with van der Waals surface area (Å²) in [7, 11) is 0. The van der Waals surface area contributed by atoms with Crippen LogP contribution in [0.3, 0.4) is 0 Å². The van der Waals surface area contributed by atoms with Gasteiger partial charge in [0.2, 0.25) is 0 Å². The molecule has 0 fully saturated rings. The van der Waals surface area contributed by atoms with E-state index in [0.717, 1.165) is 5.56 Å². The summed E-state index contributed by atoms with van der Waals surface area (Å²) in [5.74, 6) is -1.39. The topological polar surface area (TPSA) is 98.5 Å². The minimum absolute atomic E-state index is 0.0550. The highest BCUT2D eigenvalue weighted by Gasteiger charge is 2.21. The fourth-order valence-electron chi connectivity index (χ4n) is 2.55. The van der Waals surface area contributed by atoms with Crippen molar-refractivity contribution in [3.05, 3.63) is 69.8 Å². The molecule has 0 unspecified atom stereocenters. The number of hydrogen-bond acceptors (Lipinski definition) is 5. The lowest BCUT2D eigenvalue weighted by atomic mass is 9.97. The Kier molecular flexibility index (Phi) is 6.43. The molecule has 26 heavy (non-hydrogen) atoms. The third-order valence-electron chi connectivity index (χ3n) is 3.94. The smallest absolute Gasteiger partial charge is 0.313 e. The molecule has 0 aliphatic heterocycles. The number of nitrogens with zero attached hydrogens (tertiary/aromatic N) is 1. The summed E-state index contributed by atoms with van der Waals surface area (Å²) >= 11 is 0. The first-order chi connectivity index (χ1) is 12.4. The van der Waals surface area contributed by atoms with Gasteiger partial charge in [0.15, 0.2) is 6.61 Å². The predicted octanol–water partition coefficient (Wildman–Crippen LogP) is 3.58. The van der Waals surface area contributed by atoms with Gasteiger partial charge in [0.1, 0.15) is 0 Å². The monoisotopic (exact) mass is 356 g/mol. The number of anilines is 1. The Morgan fingerprint density at radius 2 is 1.88 bits per heavy atom. The predicted molar refractivity (Wildman–Crippen MR) is 96.9 cm³/mol. The molecular weight excluding hydrogens is 336 g/mol. The Morgan fingerprint density at radius 3 is 2.46 bits per heavy atom. The Hall–Kier alpha value is -3.22. The van der Waals surface area contributed by atoms with E-state index in [1.807, 2.05) is 37.3 Å². The van der Waals surface area contributed by atoms with Crippen molar-refractivity contribution in [3.63, 3.8) is 0 Å². The molecule has 2 aromatic carbocycles. The Labute approximate surface area is 151 Å². The standard InChI is InChI=1S/C19H20N2O5/c1-3-16(14-7-5-4-6-8-14)19(23)26-12-18(22)20-17-10-9-15(21(24)25)11-13(17)2/h4-11,16H,3,12H2,1-2H3,(H,20,22)/t16-/m1/s1. The number of aryl methyl sites for hydroxylation is 1. The van der Waals surface area contributed by atoms with E-state index in [1.54, 1.807) is 6.92 Å². The lowest BCUT2D eigenvalue weighted by Crippen LogP contribution is -2.24. The maximum atomic E-state index is 12.2. The molecule has 7 nitrogen and oxygen atoms in total. The van der Waals surface area contributed by atoms with E-state index >= 15 is 0 Å². The number of non-ortho nitro benzene ring substituents is 1. The number of nitrogens with one attached hydrogen (secondary N) is 1. The molecule has 0 spiro atoms. The first-order valence-electron chi connectivity index (χ1n) is 8.18. The molecular formula is C19H20N2O5. The van der Waals surface area contributed by atoms with Gasteiger partial charge in [0.25, 0.3) is 11.6 Å². The Balaban J connectivity index is 1.94. The second-order valence-electron chi connectivity index (χ2n) is 5.78. The minimum atomic E-state index is -0.505. The quantitative estimate of drug-likeness (QED) is 0.464. The SMILES string of the molecule is CC[C@@H](C(=O)OCC(=O)Nc1ccc([N+](=O)[O-])cc1C)c1ccccc1. The molecule has 7 heteroatoms. The summed E-state index contributed by atoms with van der Waals surface area (Å²) in [6, 6.07) is 13.4. The molecule has 2 rings (SSSR count). The molecule has 0 aliphatic rings. The summed E-state index contributed by atoms with van der Waals surface area (Å²) in [5, 5.41) is 13.3. The van der Waals surface area contributed by atoms with Crippen LogP contribution in [-0.4, -0.2) is 23.4 Å². The highest BCUT2D eigenvalue weighted by molar-refractivity contribution is 5.94. The van der Waals surface area contributed by atoms with Gasteiger partial charge in [-0.3, -0.25) is 19.7 Å². The highest BCUT2D eigenvalue weighted by atomic mass is 16.6. The van der Waals surface area contributed by atoms with Crippen molar-refractivity contribution < 1.29 is 19.2 Å². The zero-order valence-electron chi connectivity index (χ0n) is 14.6. The van der Waals surface area contributed by atoms with Gasteiger partial charge < -0.3 is 10.1 Å². The number of ether oxygens (including phenoxy) is 1. The van der Waals surface area contributed by atoms with E-state index in [2.05, 4.69) is 5.32 Å². The zero-order chi connectivity index (χ0) is 19.1. The third kappa shape index (κ3) is 4.89. The second-order valence-corrected chi connectivity index (χ2v) is 5.78. The van der Waals surface area contributed by atoms with Crippen LogP contribution < -0.4 is 5.32 Å². The van der Waals surface area contributed by atoms with E-state index in [1.165, 1.54) is 18.2 Å². The normalized spacial score (nSPS) is 11.5. The van der Waals surface area contributed by atoms with Crippen molar-refractivity contribution in [1.82, 2.24) is 0 Å². The van der Waals surface area contributed by atoms with Crippen molar-refractivity contribution in [1.29, 1.82) is 0 Å². The van der Waals surface area contributed by atoms with Crippen molar-refractivity contribution >= 4 is 23.3 Å². The lowest BCUT2D eigenvalue weighted by molar-refractivity contribution is -0.384. The second kappa shape index (κ2) is 8.75. The van der Waals surface area contributed by atoms with Crippen LogP contribution in [0.25, 0.3) is 0 Å². The molecule has 0 radical (unpaired) electrons. The Morgan fingerprint density at radius 1 is 1.19 bits per heavy atom. The van der Waals surface area contributed by atoms with Crippen LogP contribution in [0, 0.1) is 17.0 Å². The van der Waals surface area contributed by atoms with Gasteiger partial charge >= 0.3 is 5.97 Å². The van der Waals surface area contributed by atoms with Crippen LogP contribution >= 0.6 is 0 Å². The number of nitro groups is 1. The van der Waals surface area contributed by atoms with E-state index < -0.39 is 29.3 Å². The van der Waals surface area contributed by atoms with Gasteiger partial charge in [-0.1, -0.05) is 37.3 Å². The number of amides is 1. The number of nitro benzene ring substituents is 1. The zero-order valence-corrected chi connectivity index (χ0v) is 14.6. The van der Waals surface area contributed by atoms with Gasteiger partial charge in [-0.25, -0.2) is 0 Å². The maximum absolute atomic E-state index is 12.2. The van der Waals surface area contributed by atoms with E-state index in [4.69, 9.17) is 4.74 Å². The number of rotatable bonds is 7. The molecule has 0 saturated heterocycles. The fourth-order valence-corrected chi connectivity index (χ4v) is 2.55. The van der Waals surface area contributed by atoms with E-state index in [-0.39, 0.29) is 5.69 Å². The average molecular weight is 356 g/mol.